The maximum absolute atomic E-state index is 14.0. The molecule has 1 aromatic heterocycles. The smallest absolute Gasteiger partial charge is 0.160 e. The lowest BCUT2D eigenvalue weighted by Gasteiger charge is -2.28. The van der Waals surface area contributed by atoms with Crippen molar-refractivity contribution in [1.82, 2.24) is 4.90 Å². The fourth-order valence-electron chi connectivity index (χ4n) is 2.79. The van der Waals surface area contributed by atoms with Crippen LogP contribution < -0.4 is 0 Å². The number of nitrogens with zero attached hydrogens (tertiary/aromatic N) is 2. The molecule has 0 aliphatic carbocycles. The van der Waals surface area contributed by atoms with Crippen LogP contribution in [0.3, 0.4) is 0 Å². The molecule has 0 spiro atoms. The van der Waals surface area contributed by atoms with Gasteiger partial charge in [-0.3, -0.25) is 4.79 Å². The Bertz CT molecular complexity index is 832. The Morgan fingerprint density at radius 2 is 2.09 bits per heavy atom. The van der Waals surface area contributed by atoms with Gasteiger partial charge in [-0.05, 0) is 32.4 Å². The second-order valence-corrected chi connectivity index (χ2v) is 6.73. The molecule has 0 radical (unpaired) electrons. The van der Waals surface area contributed by atoms with Crippen molar-refractivity contribution in [2.24, 2.45) is 4.99 Å². The molecule has 0 saturated carbocycles. The fourth-order valence-corrected chi connectivity index (χ4v) is 3.75. The van der Waals surface area contributed by atoms with Crippen LogP contribution in [-0.4, -0.2) is 17.5 Å². The molecule has 0 atom stereocenters. The lowest BCUT2D eigenvalue weighted by atomic mass is 10.0. The molecule has 0 unspecified atom stereocenters. The highest BCUT2D eigenvalue weighted by Gasteiger charge is 2.26. The van der Waals surface area contributed by atoms with Crippen LogP contribution in [0.4, 0.5) is 9.39 Å². The number of benzene rings is 1. The SMILES string of the molecule is CC(C)=C1c2c(sc(C=O)c2C)N=CN1Cc1ccccc1F. The molecule has 0 amide bonds. The second-order valence-electron chi connectivity index (χ2n) is 5.70. The maximum atomic E-state index is 14.0. The minimum atomic E-state index is -0.226. The summed E-state index contributed by atoms with van der Waals surface area (Å²) in [6.07, 6.45) is 2.60. The van der Waals surface area contributed by atoms with Crippen molar-refractivity contribution in [2.45, 2.75) is 27.3 Å². The summed E-state index contributed by atoms with van der Waals surface area (Å²) in [5.74, 6) is -0.226. The quantitative estimate of drug-likeness (QED) is 0.748. The molecule has 1 aliphatic rings. The average Bonchev–Trinajstić information content (AvgIpc) is 2.85. The molecular weight excluding hydrogens is 311 g/mol. The van der Waals surface area contributed by atoms with Crippen LogP contribution in [0.15, 0.2) is 34.8 Å². The third-order valence-electron chi connectivity index (χ3n) is 3.88. The first-order valence-electron chi connectivity index (χ1n) is 7.33. The van der Waals surface area contributed by atoms with Crippen molar-refractivity contribution in [2.75, 3.05) is 0 Å². The van der Waals surface area contributed by atoms with Crippen LogP contribution in [-0.2, 0) is 6.54 Å². The van der Waals surface area contributed by atoms with E-state index >= 15 is 0 Å². The van der Waals surface area contributed by atoms with E-state index in [4.69, 9.17) is 0 Å². The lowest BCUT2D eigenvalue weighted by Crippen LogP contribution is -2.23. The van der Waals surface area contributed by atoms with Gasteiger partial charge in [-0.25, -0.2) is 9.38 Å². The van der Waals surface area contributed by atoms with E-state index in [-0.39, 0.29) is 5.82 Å². The van der Waals surface area contributed by atoms with Crippen LogP contribution in [0, 0.1) is 12.7 Å². The Labute approximate surface area is 138 Å². The number of carbonyl (C=O) groups is 1. The second kappa shape index (κ2) is 6.08. The highest BCUT2D eigenvalue weighted by atomic mass is 32.1. The predicted octanol–water partition coefficient (Wildman–Crippen LogP) is 4.93. The van der Waals surface area contributed by atoms with Gasteiger partial charge in [0.15, 0.2) is 6.29 Å². The number of aliphatic imine (C=N–C) groups is 1. The average molecular weight is 328 g/mol. The van der Waals surface area contributed by atoms with Gasteiger partial charge < -0.3 is 4.90 Å². The molecule has 1 aromatic carbocycles. The molecule has 0 saturated heterocycles. The van der Waals surface area contributed by atoms with Crippen LogP contribution in [0.2, 0.25) is 0 Å². The van der Waals surface area contributed by atoms with Gasteiger partial charge in [0.1, 0.15) is 10.8 Å². The molecule has 5 heteroatoms. The minimum Gasteiger partial charge on any atom is -0.327 e. The molecule has 1 aliphatic heterocycles. The topological polar surface area (TPSA) is 32.7 Å². The third kappa shape index (κ3) is 2.72. The predicted molar refractivity (Wildman–Crippen MR) is 92.8 cm³/mol. The molecule has 118 valence electrons. The number of carbonyl (C=O) groups excluding carboxylic acids is 1. The van der Waals surface area contributed by atoms with Gasteiger partial charge >= 0.3 is 0 Å². The van der Waals surface area contributed by atoms with Crippen molar-refractivity contribution >= 4 is 34.7 Å². The number of aldehydes is 1. The Morgan fingerprint density at radius 1 is 1.35 bits per heavy atom. The maximum Gasteiger partial charge on any atom is 0.160 e. The zero-order chi connectivity index (χ0) is 16.6. The Kier molecular flexibility index (Phi) is 4.13. The molecule has 2 aromatic rings. The zero-order valence-corrected chi connectivity index (χ0v) is 14.1. The number of rotatable bonds is 3. The number of hydrogen-bond acceptors (Lipinski definition) is 4. The molecular formula is C18H17FN2OS. The number of halogens is 1. The van der Waals surface area contributed by atoms with E-state index < -0.39 is 0 Å². The molecule has 2 heterocycles. The van der Waals surface area contributed by atoms with Crippen molar-refractivity contribution in [1.29, 1.82) is 0 Å². The van der Waals surface area contributed by atoms with Crippen molar-refractivity contribution < 1.29 is 9.18 Å². The molecule has 0 bridgehead atoms. The van der Waals surface area contributed by atoms with Gasteiger partial charge in [0.05, 0.1) is 23.5 Å². The summed E-state index contributed by atoms with van der Waals surface area (Å²) in [4.78, 5) is 18.3. The summed E-state index contributed by atoms with van der Waals surface area (Å²) in [5, 5.41) is 0.839. The number of fused-ring (bicyclic) bond motifs is 1. The van der Waals surface area contributed by atoms with Gasteiger partial charge in [-0.15, -0.1) is 11.3 Å². The van der Waals surface area contributed by atoms with Gasteiger partial charge in [-0.2, -0.15) is 0 Å². The van der Waals surface area contributed by atoms with Crippen molar-refractivity contribution in [3.05, 3.63) is 57.2 Å². The monoisotopic (exact) mass is 328 g/mol. The summed E-state index contributed by atoms with van der Waals surface area (Å²) in [6, 6.07) is 6.75. The van der Waals surface area contributed by atoms with Crippen LogP contribution in [0.25, 0.3) is 5.70 Å². The third-order valence-corrected chi connectivity index (χ3v) is 5.01. The summed E-state index contributed by atoms with van der Waals surface area (Å²) in [6.45, 7) is 6.38. The number of thiophene rings is 1. The zero-order valence-electron chi connectivity index (χ0n) is 13.3. The van der Waals surface area contributed by atoms with E-state index in [9.17, 15) is 9.18 Å². The van der Waals surface area contributed by atoms with Crippen molar-refractivity contribution in [3.8, 4) is 0 Å². The molecule has 0 N–H and O–H groups in total. The largest absolute Gasteiger partial charge is 0.327 e. The van der Waals surface area contributed by atoms with E-state index in [1.807, 2.05) is 31.7 Å². The van der Waals surface area contributed by atoms with Crippen LogP contribution in [0.5, 0.6) is 0 Å². The first-order valence-corrected chi connectivity index (χ1v) is 8.15. The number of hydrogen-bond donors (Lipinski definition) is 0. The molecule has 0 fully saturated rings. The highest BCUT2D eigenvalue weighted by Crippen LogP contribution is 2.43. The fraction of sp³-hybridized carbons (Fsp3) is 0.222. The normalized spacial score (nSPS) is 13.2. The van der Waals surface area contributed by atoms with Gasteiger partial charge in [0.25, 0.3) is 0 Å². The molecule has 3 nitrogen and oxygen atoms in total. The lowest BCUT2D eigenvalue weighted by molar-refractivity contribution is 0.112. The van der Waals surface area contributed by atoms with Crippen LogP contribution in [0.1, 0.15) is 40.2 Å². The van der Waals surface area contributed by atoms with Gasteiger partial charge in [0.2, 0.25) is 0 Å². The Hall–Kier alpha value is -2.27. The van der Waals surface area contributed by atoms with E-state index in [1.165, 1.54) is 17.4 Å². The Morgan fingerprint density at radius 3 is 2.74 bits per heavy atom. The van der Waals surface area contributed by atoms with E-state index in [1.54, 1.807) is 18.5 Å². The number of allylic oxidation sites excluding steroid dienone is 1. The van der Waals surface area contributed by atoms with E-state index in [0.717, 1.165) is 33.7 Å². The van der Waals surface area contributed by atoms with E-state index in [2.05, 4.69) is 4.99 Å². The van der Waals surface area contributed by atoms with Crippen LogP contribution >= 0.6 is 11.3 Å². The standard InChI is InChI=1S/C18H17FN2OS/c1-11(2)17-16-12(3)15(9-22)23-18(16)20-10-21(17)8-13-6-4-5-7-14(13)19/h4-7,9-10H,8H2,1-3H3. The summed E-state index contributed by atoms with van der Waals surface area (Å²) >= 11 is 1.39. The van der Waals surface area contributed by atoms with Gasteiger partial charge in [-0.1, -0.05) is 23.8 Å². The Balaban J connectivity index is 2.07. The highest BCUT2D eigenvalue weighted by molar-refractivity contribution is 7.18. The molecule has 23 heavy (non-hydrogen) atoms. The first-order chi connectivity index (χ1) is 11.0. The first kappa shape index (κ1) is 15.6. The summed E-state index contributed by atoms with van der Waals surface area (Å²) < 4.78 is 14.0. The molecule has 3 rings (SSSR count). The van der Waals surface area contributed by atoms with Crippen molar-refractivity contribution in [3.63, 3.8) is 0 Å². The minimum absolute atomic E-state index is 0.226. The summed E-state index contributed by atoms with van der Waals surface area (Å²) in [7, 11) is 0. The van der Waals surface area contributed by atoms with E-state index in [0.29, 0.717) is 17.0 Å². The summed E-state index contributed by atoms with van der Waals surface area (Å²) in [5.41, 5.74) is 4.64. The van der Waals surface area contributed by atoms with Gasteiger partial charge in [0, 0.05) is 11.1 Å².